The van der Waals surface area contributed by atoms with Crippen molar-refractivity contribution in [1.82, 2.24) is 19.6 Å². The number of carbonyl (C=O) groups is 1. The molecule has 0 spiro atoms. The molecule has 2 heterocycles. The van der Waals surface area contributed by atoms with Gasteiger partial charge in [0, 0.05) is 63.1 Å². The van der Waals surface area contributed by atoms with Crippen LogP contribution in [0.2, 0.25) is 5.02 Å². The number of likely N-dealkylation sites (tertiary alicyclic amines) is 1. The van der Waals surface area contributed by atoms with E-state index in [0.29, 0.717) is 42.9 Å². The number of rotatable bonds is 11. The molecule has 1 fully saturated rings. The van der Waals surface area contributed by atoms with Crippen molar-refractivity contribution in [3.63, 3.8) is 0 Å². The highest BCUT2D eigenvalue weighted by Gasteiger charge is 2.26. The number of benzene rings is 2. The number of nitrogens with zero attached hydrogens (tertiary/aromatic N) is 4. The molecule has 1 amide bonds. The summed E-state index contributed by atoms with van der Waals surface area (Å²) in [7, 11) is 3.51. The van der Waals surface area contributed by atoms with Gasteiger partial charge in [-0.25, -0.2) is 4.68 Å². The summed E-state index contributed by atoms with van der Waals surface area (Å²) >= 11 is 6.06. The largest absolute Gasteiger partial charge is 0.385 e. The van der Waals surface area contributed by atoms with Crippen LogP contribution >= 0.6 is 11.6 Å². The van der Waals surface area contributed by atoms with Gasteiger partial charge in [0.1, 0.15) is 0 Å². The Bertz CT molecular complexity index is 1230. The van der Waals surface area contributed by atoms with E-state index in [1.165, 1.54) is 0 Å². The Morgan fingerprint density at radius 2 is 1.92 bits per heavy atom. The van der Waals surface area contributed by atoms with Crippen LogP contribution in [0.1, 0.15) is 36.9 Å². The lowest BCUT2D eigenvalue weighted by atomic mass is 10.0. The molecular weight excluding hydrogens is 476 g/mol. The Morgan fingerprint density at radius 3 is 2.67 bits per heavy atom. The summed E-state index contributed by atoms with van der Waals surface area (Å²) in [5, 5.41) is 7.14. The second kappa shape index (κ2) is 12.5. The fourth-order valence-corrected chi connectivity index (χ4v) is 5.04. The number of carbonyl (C=O) groups excluding carboxylic acids is 1. The number of fused-ring (bicyclic) bond motifs is 1. The van der Waals surface area contributed by atoms with E-state index in [0.717, 1.165) is 49.0 Å². The Labute approximate surface area is 217 Å². The first-order chi connectivity index (χ1) is 17.5. The summed E-state index contributed by atoms with van der Waals surface area (Å²) in [5.74, 6) is 0.141. The third-order valence-electron chi connectivity index (χ3n) is 7.00. The topological polar surface area (TPSA) is 67.7 Å². The van der Waals surface area contributed by atoms with E-state index in [1.807, 2.05) is 55.6 Å². The van der Waals surface area contributed by atoms with Gasteiger partial charge >= 0.3 is 0 Å². The monoisotopic (exact) mass is 510 g/mol. The number of methoxy groups -OCH3 is 1. The molecule has 36 heavy (non-hydrogen) atoms. The normalized spacial score (nSPS) is 16.0. The van der Waals surface area contributed by atoms with Crippen molar-refractivity contribution in [2.45, 2.75) is 44.7 Å². The first-order valence-corrected chi connectivity index (χ1v) is 13.0. The van der Waals surface area contributed by atoms with E-state index in [2.05, 4.69) is 4.90 Å². The minimum absolute atomic E-state index is 0.0530. The van der Waals surface area contributed by atoms with Crippen molar-refractivity contribution in [2.24, 2.45) is 0 Å². The van der Waals surface area contributed by atoms with Gasteiger partial charge < -0.3 is 9.64 Å². The highest BCUT2D eigenvalue weighted by atomic mass is 35.5. The fourth-order valence-electron chi connectivity index (χ4n) is 4.91. The van der Waals surface area contributed by atoms with Crippen LogP contribution < -0.4 is 5.56 Å². The third-order valence-corrected chi connectivity index (χ3v) is 7.25. The molecule has 8 heteroatoms. The van der Waals surface area contributed by atoms with E-state index in [-0.39, 0.29) is 17.5 Å². The van der Waals surface area contributed by atoms with Gasteiger partial charge in [-0.3, -0.25) is 14.5 Å². The summed E-state index contributed by atoms with van der Waals surface area (Å²) in [6.07, 6.45) is 3.96. The second-order valence-corrected chi connectivity index (χ2v) is 9.96. The number of ether oxygens (including phenoxy) is 1. The lowest BCUT2D eigenvalue weighted by Gasteiger charge is -2.27. The fraction of sp³-hybridized carbons (Fsp3) is 0.464. The van der Waals surface area contributed by atoms with Crippen LogP contribution in [0.3, 0.4) is 0 Å². The molecule has 192 valence electrons. The van der Waals surface area contributed by atoms with Crippen LogP contribution in [0.4, 0.5) is 0 Å². The molecule has 0 aliphatic carbocycles. The molecule has 0 N–H and O–H groups in total. The number of hydrogen-bond donors (Lipinski definition) is 0. The summed E-state index contributed by atoms with van der Waals surface area (Å²) in [6, 6.07) is 15.7. The Hall–Kier alpha value is -2.74. The summed E-state index contributed by atoms with van der Waals surface area (Å²) < 4.78 is 6.70. The maximum Gasteiger partial charge on any atom is 0.274 e. The van der Waals surface area contributed by atoms with Crippen LogP contribution in [0.5, 0.6) is 0 Å². The SMILES string of the molecule is COCCCC(=O)N(C)CCN1CCCC1Cn1nc(Cc2ccc(Cl)cc2)c2ccccc2c1=O. The summed E-state index contributed by atoms with van der Waals surface area (Å²) in [5.41, 5.74) is 1.93. The average Bonchev–Trinajstić information content (AvgIpc) is 3.33. The molecule has 1 atom stereocenters. The molecule has 1 aliphatic heterocycles. The highest BCUT2D eigenvalue weighted by Crippen LogP contribution is 2.21. The van der Waals surface area contributed by atoms with E-state index in [4.69, 9.17) is 21.4 Å². The highest BCUT2D eigenvalue weighted by molar-refractivity contribution is 6.30. The van der Waals surface area contributed by atoms with Gasteiger partial charge in [-0.2, -0.15) is 5.10 Å². The van der Waals surface area contributed by atoms with Gasteiger partial charge in [-0.05, 0) is 49.6 Å². The maximum absolute atomic E-state index is 13.4. The van der Waals surface area contributed by atoms with E-state index < -0.39 is 0 Å². The first-order valence-electron chi connectivity index (χ1n) is 12.7. The Balaban J connectivity index is 1.48. The van der Waals surface area contributed by atoms with Crippen LogP contribution in [-0.4, -0.2) is 71.9 Å². The molecule has 0 bridgehead atoms. The summed E-state index contributed by atoms with van der Waals surface area (Å²) in [6.45, 7) is 3.57. The van der Waals surface area contributed by atoms with Gasteiger partial charge in [0.05, 0.1) is 17.6 Å². The van der Waals surface area contributed by atoms with Gasteiger partial charge in [0.2, 0.25) is 5.91 Å². The lowest BCUT2D eigenvalue weighted by Crippen LogP contribution is -2.42. The number of amides is 1. The molecular formula is C28H35ClN4O3. The van der Waals surface area contributed by atoms with Crippen LogP contribution in [0, 0.1) is 0 Å². The van der Waals surface area contributed by atoms with Crippen LogP contribution in [0.25, 0.3) is 10.8 Å². The quantitative estimate of drug-likeness (QED) is 0.365. The molecule has 1 saturated heterocycles. The van der Waals surface area contributed by atoms with Gasteiger partial charge in [-0.15, -0.1) is 0 Å². The minimum atomic E-state index is -0.0530. The molecule has 1 aromatic heterocycles. The first kappa shape index (κ1) is 26.3. The van der Waals surface area contributed by atoms with Crippen molar-refractivity contribution in [3.8, 4) is 0 Å². The van der Waals surface area contributed by atoms with Crippen molar-refractivity contribution in [1.29, 1.82) is 0 Å². The van der Waals surface area contributed by atoms with E-state index in [9.17, 15) is 9.59 Å². The molecule has 0 saturated carbocycles. The van der Waals surface area contributed by atoms with Gasteiger partial charge in [-0.1, -0.05) is 41.9 Å². The van der Waals surface area contributed by atoms with Gasteiger partial charge in [0.15, 0.2) is 0 Å². The smallest absolute Gasteiger partial charge is 0.274 e. The lowest BCUT2D eigenvalue weighted by molar-refractivity contribution is -0.130. The van der Waals surface area contributed by atoms with Crippen LogP contribution in [0.15, 0.2) is 53.3 Å². The molecule has 7 nitrogen and oxygen atoms in total. The maximum atomic E-state index is 13.4. The van der Waals surface area contributed by atoms with Gasteiger partial charge in [0.25, 0.3) is 5.56 Å². The molecule has 0 radical (unpaired) electrons. The minimum Gasteiger partial charge on any atom is -0.385 e. The van der Waals surface area contributed by atoms with Crippen LogP contribution in [-0.2, 0) is 22.5 Å². The number of aromatic nitrogens is 2. The van der Waals surface area contributed by atoms with Crippen molar-refractivity contribution < 1.29 is 9.53 Å². The Kier molecular flexibility index (Phi) is 9.13. The third kappa shape index (κ3) is 6.52. The number of likely N-dealkylation sites (N-methyl/N-ethyl adjacent to an activating group) is 1. The average molecular weight is 511 g/mol. The van der Waals surface area contributed by atoms with Crippen molar-refractivity contribution in [3.05, 3.63) is 75.2 Å². The summed E-state index contributed by atoms with van der Waals surface area (Å²) in [4.78, 5) is 29.9. The van der Waals surface area contributed by atoms with E-state index >= 15 is 0 Å². The standard InChI is InChI=1S/C28H35ClN4O3/c1-31(27(34)10-6-18-36-2)16-17-32-15-5-7-23(32)20-33-28(35)25-9-4-3-8-24(25)26(30-33)19-21-11-13-22(29)14-12-21/h3-4,8-9,11-14,23H,5-7,10,15-20H2,1-2H3. The molecule has 1 aliphatic rings. The predicted octanol–water partition coefficient (Wildman–Crippen LogP) is 3.99. The molecule has 3 aromatic rings. The zero-order chi connectivity index (χ0) is 25.5. The predicted molar refractivity (Wildman–Crippen MR) is 144 cm³/mol. The van der Waals surface area contributed by atoms with Crippen molar-refractivity contribution >= 4 is 28.3 Å². The van der Waals surface area contributed by atoms with Crippen molar-refractivity contribution in [2.75, 3.05) is 40.4 Å². The zero-order valence-electron chi connectivity index (χ0n) is 21.2. The van der Waals surface area contributed by atoms with E-state index in [1.54, 1.807) is 16.7 Å². The number of hydrogen-bond acceptors (Lipinski definition) is 5. The number of halogens is 1. The second-order valence-electron chi connectivity index (χ2n) is 9.53. The molecule has 2 aromatic carbocycles. The Morgan fingerprint density at radius 1 is 1.17 bits per heavy atom. The molecule has 1 unspecified atom stereocenters. The zero-order valence-corrected chi connectivity index (χ0v) is 21.9. The molecule has 4 rings (SSSR count).